The molecule has 1 aromatic rings. The van der Waals surface area contributed by atoms with E-state index < -0.39 is 0 Å². The zero-order valence-electron chi connectivity index (χ0n) is 7.58. The van der Waals surface area contributed by atoms with Gasteiger partial charge in [0.2, 0.25) is 0 Å². The van der Waals surface area contributed by atoms with Gasteiger partial charge in [-0.25, -0.2) is 0 Å². The Hall–Kier alpha value is -1.15. The highest BCUT2D eigenvalue weighted by atomic mass is 35.5. The summed E-state index contributed by atoms with van der Waals surface area (Å²) in [5, 5.41) is 0. The van der Waals surface area contributed by atoms with Crippen LogP contribution in [0.4, 0.5) is 0 Å². The van der Waals surface area contributed by atoms with Gasteiger partial charge >= 0.3 is 0 Å². The smallest absolute Gasteiger partial charge is 0.130 e. The quantitative estimate of drug-likeness (QED) is 0.695. The van der Waals surface area contributed by atoms with Crippen molar-refractivity contribution in [2.45, 2.75) is 6.92 Å². The first kappa shape index (κ1) is 9.93. The maximum atomic E-state index is 5.46. The van der Waals surface area contributed by atoms with Gasteiger partial charge in [0.1, 0.15) is 17.3 Å². The SMILES string of the molecule is COc1cccc(O/C(C)=C\Cl)c1. The van der Waals surface area contributed by atoms with Crippen LogP contribution in [-0.4, -0.2) is 7.11 Å². The molecule has 0 bridgehead atoms. The number of methoxy groups -OCH3 is 1. The first-order chi connectivity index (χ1) is 6.26. The molecule has 0 fully saturated rings. The average molecular weight is 199 g/mol. The van der Waals surface area contributed by atoms with Gasteiger partial charge in [0.15, 0.2) is 0 Å². The molecule has 0 heterocycles. The Balaban J connectivity index is 2.77. The molecule has 0 aliphatic heterocycles. The van der Waals surface area contributed by atoms with E-state index in [1.807, 2.05) is 18.2 Å². The summed E-state index contributed by atoms with van der Waals surface area (Å²) >= 11 is 5.46. The van der Waals surface area contributed by atoms with Gasteiger partial charge in [-0.15, -0.1) is 0 Å². The van der Waals surface area contributed by atoms with Crippen molar-refractivity contribution in [1.29, 1.82) is 0 Å². The Labute approximate surface area is 82.7 Å². The van der Waals surface area contributed by atoms with Crippen LogP contribution in [0.2, 0.25) is 0 Å². The Morgan fingerprint density at radius 1 is 1.38 bits per heavy atom. The van der Waals surface area contributed by atoms with Gasteiger partial charge in [-0.3, -0.25) is 0 Å². The Bertz CT molecular complexity index is 308. The lowest BCUT2D eigenvalue weighted by molar-refractivity contribution is 0.400. The molecular formula is C10H11ClO2. The summed E-state index contributed by atoms with van der Waals surface area (Å²) in [6, 6.07) is 7.35. The molecule has 13 heavy (non-hydrogen) atoms. The van der Waals surface area contributed by atoms with Gasteiger partial charge in [0.05, 0.1) is 7.11 Å². The average Bonchev–Trinajstić information content (AvgIpc) is 2.18. The number of benzene rings is 1. The highest BCUT2D eigenvalue weighted by Crippen LogP contribution is 2.20. The van der Waals surface area contributed by atoms with Crippen molar-refractivity contribution in [3.8, 4) is 11.5 Å². The fraction of sp³-hybridized carbons (Fsp3) is 0.200. The van der Waals surface area contributed by atoms with Crippen LogP contribution < -0.4 is 9.47 Å². The van der Waals surface area contributed by atoms with Crippen molar-refractivity contribution in [1.82, 2.24) is 0 Å². The molecule has 0 N–H and O–H groups in total. The molecule has 0 radical (unpaired) electrons. The Morgan fingerprint density at radius 2 is 2.08 bits per heavy atom. The van der Waals surface area contributed by atoms with E-state index >= 15 is 0 Å². The van der Waals surface area contributed by atoms with Gasteiger partial charge in [0, 0.05) is 11.6 Å². The molecule has 0 aliphatic carbocycles. The fourth-order valence-electron chi connectivity index (χ4n) is 0.873. The van der Waals surface area contributed by atoms with Crippen LogP contribution in [-0.2, 0) is 0 Å². The van der Waals surface area contributed by atoms with Gasteiger partial charge in [-0.2, -0.15) is 0 Å². The van der Waals surface area contributed by atoms with E-state index in [0.717, 1.165) is 5.75 Å². The predicted octanol–water partition coefficient (Wildman–Crippen LogP) is 3.17. The minimum Gasteiger partial charge on any atom is -0.497 e. The molecule has 0 saturated carbocycles. The highest BCUT2D eigenvalue weighted by molar-refractivity contribution is 6.25. The molecule has 1 rings (SSSR count). The summed E-state index contributed by atoms with van der Waals surface area (Å²) in [5.41, 5.74) is 1.39. The maximum Gasteiger partial charge on any atom is 0.130 e. The maximum absolute atomic E-state index is 5.46. The van der Waals surface area contributed by atoms with E-state index in [-0.39, 0.29) is 0 Å². The number of rotatable bonds is 3. The lowest BCUT2D eigenvalue weighted by Crippen LogP contribution is -1.90. The molecule has 0 aliphatic rings. The molecule has 70 valence electrons. The third kappa shape index (κ3) is 2.99. The number of hydrogen-bond acceptors (Lipinski definition) is 2. The molecule has 0 saturated heterocycles. The van der Waals surface area contributed by atoms with E-state index in [4.69, 9.17) is 21.1 Å². The second kappa shape index (κ2) is 4.77. The van der Waals surface area contributed by atoms with Crippen molar-refractivity contribution in [2.24, 2.45) is 0 Å². The number of ether oxygens (including phenoxy) is 2. The van der Waals surface area contributed by atoms with Gasteiger partial charge in [0.25, 0.3) is 0 Å². The second-order valence-corrected chi connectivity index (χ2v) is 2.72. The monoisotopic (exact) mass is 198 g/mol. The van der Waals surface area contributed by atoms with E-state index in [1.165, 1.54) is 5.54 Å². The first-order valence-electron chi connectivity index (χ1n) is 3.85. The summed E-state index contributed by atoms with van der Waals surface area (Å²) in [6.07, 6.45) is 0. The minimum atomic E-state index is 0.648. The lowest BCUT2D eigenvalue weighted by atomic mass is 10.3. The van der Waals surface area contributed by atoms with Crippen LogP contribution in [0.1, 0.15) is 6.92 Å². The van der Waals surface area contributed by atoms with Crippen LogP contribution in [0.5, 0.6) is 11.5 Å². The van der Waals surface area contributed by atoms with E-state index in [1.54, 1.807) is 20.1 Å². The fourth-order valence-corrected chi connectivity index (χ4v) is 0.917. The largest absolute Gasteiger partial charge is 0.497 e. The Morgan fingerprint density at radius 3 is 2.69 bits per heavy atom. The van der Waals surface area contributed by atoms with Crippen molar-refractivity contribution in [3.63, 3.8) is 0 Å². The molecular weight excluding hydrogens is 188 g/mol. The number of hydrogen-bond donors (Lipinski definition) is 0. The van der Waals surface area contributed by atoms with E-state index in [9.17, 15) is 0 Å². The summed E-state index contributed by atoms with van der Waals surface area (Å²) in [7, 11) is 1.61. The summed E-state index contributed by atoms with van der Waals surface area (Å²) < 4.78 is 10.4. The topological polar surface area (TPSA) is 18.5 Å². The third-order valence-electron chi connectivity index (χ3n) is 1.47. The van der Waals surface area contributed by atoms with Crippen LogP contribution in [0.25, 0.3) is 0 Å². The van der Waals surface area contributed by atoms with Gasteiger partial charge in [-0.05, 0) is 19.1 Å². The second-order valence-electron chi connectivity index (χ2n) is 2.50. The highest BCUT2D eigenvalue weighted by Gasteiger charge is 1.96. The third-order valence-corrected chi connectivity index (χ3v) is 1.78. The molecule has 0 spiro atoms. The predicted molar refractivity (Wildman–Crippen MR) is 53.2 cm³/mol. The van der Waals surface area contributed by atoms with Gasteiger partial charge in [-0.1, -0.05) is 17.7 Å². The lowest BCUT2D eigenvalue weighted by Gasteiger charge is -2.05. The molecule has 1 aromatic carbocycles. The molecule has 2 nitrogen and oxygen atoms in total. The van der Waals surface area contributed by atoms with Crippen molar-refractivity contribution in [2.75, 3.05) is 7.11 Å². The molecule has 0 unspecified atom stereocenters. The Kier molecular flexibility index (Phi) is 3.65. The minimum absolute atomic E-state index is 0.648. The summed E-state index contributed by atoms with van der Waals surface area (Å²) in [5.74, 6) is 2.13. The van der Waals surface area contributed by atoms with Crippen molar-refractivity contribution >= 4 is 11.6 Å². The van der Waals surface area contributed by atoms with Crippen molar-refractivity contribution < 1.29 is 9.47 Å². The molecule has 0 atom stereocenters. The normalized spacial score (nSPS) is 11.2. The summed E-state index contributed by atoms with van der Waals surface area (Å²) in [4.78, 5) is 0. The van der Waals surface area contributed by atoms with Gasteiger partial charge < -0.3 is 9.47 Å². The van der Waals surface area contributed by atoms with Crippen LogP contribution in [0.3, 0.4) is 0 Å². The number of allylic oxidation sites excluding steroid dienone is 1. The molecule has 3 heteroatoms. The van der Waals surface area contributed by atoms with E-state index in [0.29, 0.717) is 11.5 Å². The zero-order chi connectivity index (χ0) is 9.68. The molecule has 0 aromatic heterocycles. The first-order valence-corrected chi connectivity index (χ1v) is 4.29. The molecule has 0 amide bonds. The van der Waals surface area contributed by atoms with Crippen LogP contribution in [0, 0.1) is 0 Å². The van der Waals surface area contributed by atoms with Crippen molar-refractivity contribution in [3.05, 3.63) is 35.6 Å². The van der Waals surface area contributed by atoms with E-state index in [2.05, 4.69) is 0 Å². The zero-order valence-corrected chi connectivity index (χ0v) is 8.34. The standard InChI is InChI=1S/C10H11ClO2/c1-8(7-11)13-10-5-3-4-9(6-10)12-2/h3-7H,1-2H3/b8-7-. The van der Waals surface area contributed by atoms with Crippen LogP contribution >= 0.6 is 11.6 Å². The number of halogens is 1. The van der Waals surface area contributed by atoms with Crippen LogP contribution in [0.15, 0.2) is 35.6 Å². The summed E-state index contributed by atoms with van der Waals surface area (Å²) in [6.45, 7) is 1.78.